The standard InChI is InChI=1S/C10H9BrFN5O3S/c11-7-2-14-9(21-7)16-5-15-17(10(16)19)3-6(1-12)4-20-8(13)18/h1-2,5H,3-4H2,(H2,13,18)/b6-1-. The van der Waals surface area contributed by atoms with Crippen molar-refractivity contribution in [3.05, 3.63) is 38.7 Å². The molecular weight excluding hydrogens is 369 g/mol. The summed E-state index contributed by atoms with van der Waals surface area (Å²) >= 11 is 4.49. The average Bonchev–Trinajstić information content (AvgIpc) is 3.01. The Hall–Kier alpha value is -2.01. The van der Waals surface area contributed by atoms with E-state index in [1.54, 1.807) is 6.20 Å². The van der Waals surface area contributed by atoms with E-state index in [0.29, 0.717) is 5.13 Å². The Morgan fingerprint density at radius 1 is 1.62 bits per heavy atom. The molecule has 2 aromatic rings. The van der Waals surface area contributed by atoms with Crippen LogP contribution >= 0.6 is 27.3 Å². The maximum absolute atomic E-state index is 12.7. The third-order valence-corrected chi connectivity index (χ3v) is 3.79. The first kappa shape index (κ1) is 15.4. The molecule has 0 aliphatic carbocycles. The molecule has 11 heteroatoms. The first-order valence-electron chi connectivity index (χ1n) is 5.47. The van der Waals surface area contributed by atoms with Gasteiger partial charge in [-0.05, 0) is 15.9 Å². The van der Waals surface area contributed by atoms with Crippen molar-refractivity contribution in [3.8, 4) is 5.13 Å². The second kappa shape index (κ2) is 6.63. The minimum Gasteiger partial charge on any atom is -0.445 e. The van der Waals surface area contributed by atoms with E-state index in [-0.39, 0.29) is 25.1 Å². The number of hydrogen-bond donors (Lipinski definition) is 1. The van der Waals surface area contributed by atoms with Crippen LogP contribution < -0.4 is 11.4 Å². The van der Waals surface area contributed by atoms with Crippen LogP contribution in [0.3, 0.4) is 0 Å². The number of nitrogens with zero attached hydrogens (tertiary/aromatic N) is 4. The van der Waals surface area contributed by atoms with Gasteiger partial charge >= 0.3 is 11.8 Å². The molecular formula is C10H9BrFN5O3S. The van der Waals surface area contributed by atoms with Crippen molar-refractivity contribution in [1.29, 1.82) is 0 Å². The van der Waals surface area contributed by atoms with Crippen molar-refractivity contribution >= 4 is 33.4 Å². The molecule has 0 saturated carbocycles. The summed E-state index contributed by atoms with van der Waals surface area (Å²) in [6, 6.07) is 0. The smallest absolute Gasteiger partial charge is 0.404 e. The topological polar surface area (TPSA) is 105 Å². The molecule has 0 aromatic carbocycles. The van der Waals surface area contributed by atoms with Gasteiger partial charge in [0.2, 0.25) is 0 Å². The molecule has 2 rings (SSSR count). The highest BCUT2D eigenvalue weighted by Gasteiger charge is 2.12. The van der Waals surface area contributed by atoms with E-state index in [1.807, 2.05) is 0 Å². The number of amides is 1. The van der Waals surface area contributed by atoms with Crippen LogP contribution in [0.1, 0.15) is 0 Å². The fourth-order valence-electron chi connectivity index (χ4n) is 1.40. The largest absolute Gasteiger partial charge is 0.445 e. The predicted molar refractivity (Wildman–Crippen MR) is 75.9 cm³/mol. The number of halogens is 2. The molecule has 0 saturated heterocycles. The second-order valence-corrected chi connectivity index (χ2v) is 6.15. The summed E-state index contributed by atoms with van der Waals surface area (Å²) < 4.78 is 20.2. The molecule has 0 atom stereocenters. The monoisotopic (exact) mass is 377 g/mol. The lowest BCUT2D eigenvalue weighted by Gasteiger charge is -2.04. The molecule has 2 N–H and O–H groups in total. The van der Waals surface area contributed by atoms with Gasteiger partial charge in [0, 0.05) is 5.57 Å². The molecule has 2 aromatic heterocycles. The normalized spacial score (nSPS) is 11.6. The molecule has 0 spiro atoms. The molecule has 0 aliphatic rings. The lowest BCUT2D eigenvalue weighted by molar-refractivity contribution is 0.164. The molecule has 2 heterocycles. The second-order valence-electron chi connectivity index (χ2n) is 3.76. The molecule has 21 heavy (non-hydrogen) atoms. The molecule has 0 unspecified atom stereocenters. The number of thiazole rings is 1. The predicted octanol–water partition coefficient (Wildman–Crippen LogP) is 1.20. The Balaban J connectivity index is 2.17. The van der Waals surface area contributed by atoms with E-state index < -0.39 is 11.8 Å². The van der Waals surface area contributed by atoms with Crippen molar-refractivity contribution in [1.82, 2.24) is 19.3 Å². The van der Waals surface area contributed by atoms with Crippen molar-refractivity contribution in [3.63, 3.8) is 0 Å². The Labute approximate surface area is 129 Å². The molecule has 0 aliphatic heterocycles. The zero-order chi connectivity index (χ0) is 15.4. The van der Waals surface area contributed by atoms with E-state index in [4.69, 9.17) is 5.73 Å². The number of primary amides is 1. The Morgan fingerprint density at radius 3 is 2.95 bits per heavy atom. The van der Waals surface area contributed by atoms with Crippen molar-refractivity contribution < 1.29 is 13.9 Å². The summed E-state index contributed by atoms with van der Waals surface area (Å²) in [5.41, 5.74) is 4.34. The molecule has 1 amide bonds. The van der Waals surface area contributed by atoms with Crippen LogP contribution in [0.5, 0.6) is 0 Å². The summed E-state index contributed by atoms with van der Waals surface area (Å²) in [6.07, 6.45) is 2.05. The summed E-state index contributed by atoms with van der Waals surface area (Å²) in [5, 5.41) is 4.28. The third-order valence-electron chi connectivity index (χ3n) is 2.31. The van der Waals surface area contributed by atoms with Gasteiger partial charge in [0.05, 0.1) is 22.9 Å². The fourth-order valence-corrected chi connectivity index (χ4v) is 2.55. The van der Waals surface area contributed by atoms with Crippen LogP contribution in [-0.2, 0) is 11.3 Å². The SMILES string of the molecule is NC(=O)OC/C(=C\F)Cn1ncn(-c2ncc(Br)s2)c1=O. The van der Waals surface area contributed by atoms with E-state index in [2.05, 4.69) is 30.7 Å². The van der Waals surface area contributed by atoms with Gasteiger partial charge in [0.15, 0.2) is 5.13 Å². The molecule has 0 bridgehead atoms. The van der Waals surface area contributed by atoms with Gasteiger partial charge in [0.1, 0.15) is 12.9 Å². The lowest BCUT2D eigenvalue weighted by atomic mass is 10.3. The van der Waals surface area contributed by atoms with Crippen molar-refractivity contribution in [2.24, 2.45) is 5.73 Å². The lowest BCUT2D eigenvalue weighted by Crippen LogP contribution is -2.26. The third kappa shape index (κ3) is 3.76. The Morgan fingerprint density at radius 2 is 2.38 bits per heavy atom. The number of rotatable bonds is 5. The molecule has 112 valence electrons. The van der Waals surface area contributed by atoms with Gasteiger partial charge in [0.25, 0.3) is 0 Å². The van der Waals surface area contributed by atoms with Crippen LogP contribution in [0.25, 0.3) is 5.13 Å². The van der Waals surface area contributed by atoms with E-state index >= 15 is 0 Å². The summed E-state index contributed by atoms with van der Waals surface area (Å²) in [5.74, 6) is 0. The number of carbonyl (C=O) groups excluding carboxylic acids is 1. The van der Waals surface area contributed by atoms with E-state index in [9.17, 15) is 14.0 Å². The summed E-state index contributed by atoms with van der Waals surface area (Å²) in [7, 11) is 0. The number of aromatic nitrogens is 4. The van der Waals surface area contributed by atoms with Gasteiger partial charge in [-0.1, -0.05) is 11.3 Å². The fraction of sp³-hybridized carbons (Fsp3) is 0.200. The van der Waals surface area contributed by atoms with Gasteiger partial charge in [-0.2, -0.15) is 5.10 Å². The van der Waals surface area contributed by atoms with Gasteiger partial charge in [-0.25, -0.2) is 28.2 Å². The minimum absolute atomic E-state index is 0.0430. The first-order chi connectivity index (χ1) is 10.0. The maximum atomic E-state index is 12.7. The summed E-state index contributed by atoms with van der Waals surface area (Å²) in [6.45, 7) is -0.518. The van der Waals surface area contributed by atoms with Crippen molar-refractivity contribution in [2.45, 2.75) is 6.54 Å². The highest BCUT2D eigenvalue weighted by molar-refractivity contribution is 9.11. The Kier molecular flexibility index (Phi) is 4.85. The quantitative estimate of drug-likeness (QED) is 0.842. The number of carbonyl (C=O) groups is 1. The van der Waals surface area contributed by atoms with Crippen molar-refractivity contribution in [2.75, 3.05) is 6.61 Å². The average molecular weight is 378 g/mol. The highest BCUT2D eigenvalue weighted by atomic mass is 79.9. The van der Waals surface area contributed by atoms with Gasteiger partial charge < -0.3 is 10.5 Å². The summed E-state index contributed by atoms with van der Waals surface area (Å²) in [4.78, 5) is 26.6. The Bertz CT molecular complexity index is 737. The van der Waals surface area contributed by atoms with Gasteiger partial charge in [-0.15, -0.1) is 0 Å². The van der Waals surface area contributed by atoms with Gasteiger partial charge in [-0.3, -0.25) is 0 Å². The van der Waals surface area contributed by atoms with Crippen LogP contribution in [-0.4, -0.2) is 32.0 Å². The number of nitrogens with two attached hydrogens (primary N) is 1. The molecule has 0 fully saturated rings. The maximum Gasteiger partial charge on any atom is 0.404 e. The highest BCUT2D eigenvalue weighted by Crippen LogP contribution is 2.20. The number of hydrogen-bond acceptors (Lipinski definition) is 6. The van der Waals surface area contributed by atoms with Crippen LogP contribution in [0.2, 0.25) is 0 Å². The zero-order valence-electron chi connectivity index (χ0n) is 10.4. The van der Waals surface area contributed by atoms with E-state index in [1.165, 1.54) is 22.2 Å². The van der Waals surface area contributed by atoms with Crippen LogP contribution in [0.15, 0.2) is 33.0 Å². The number of ether oxygens (including phenoxy) is 1. The first-order valence-corrected chi connectivity index (χ1v) is 7.08. The van der Waals surface area contributed by atoms with Crippen LogP contribution in [0.4, 0.5) is 9.18 Å². The van der Waals surface area contributed by atoms with E-state index in [0.717, 1.165) is 8.47 Å². The molecule has 0 radical (unpaired) electrons. The van der Waals surface area contributed by atoms with Crippen LogP contribution in [0, 0.1) is 0 Å². The zero-order valence-corrected chi connectivity index (χ0v) is 12.8. The minimum atomic E-state index is -1.03. The molecule has 8 nitrogen and oxygen atoms in total.